The van der Waals surface area contributed by atoms with E-state index in [1.807, 2.05) is 0 Å². The zero-order valence-corrected chi connectivity index (χ0v) is 9.75. The molecular weight excluding hydrogens is 178 g/mol. The van der Waals surface area contributed by atoms with Crippen molar-refractivity contribution in [1.82, 2.24) is 0 Å². The molecule has 0 aliphatic carbocycles. The monoisotopic (exact) mass is 200 g/mol. The number of quaternary nitrogens is 1. The second-order valence-electron chi connectivity index (χ2n) is 5.44. The Hall–Kier alpha value is -0.120. The molecule has 2 atom stereocenters. The van der Waals surface area contributed by atoms with Crippen molar-refractivity contribution in [2.75, 3.05) is 27.2 Å². The summed E-state index contributed by atoms with van der Waals surface area (Å²) < 4.78 is 13.0. The van der Waals surface area contributed by atoms with Crippen LogP contribution in [0, 0.1) is 0 Å². The van der Waals surface area contributed by atoms with Crippen molar-refractivity contribution < 1.29 is 14.0 Å². The van der Waals surface area contributed by atoms with Crippen LogP contribution in [0.5, 0.6) is 0 Å². The summed E-state index contributed by atoms with van der Waals surface area (Å²) in [5, 5.41) is 0. The zero-order chi connectivity index (χ0) is 10.4. The number of piperidine rings is 1. The second-order valence-corrected chi connectivity index (χ2v) is 5.44. The predicted molar refractivity (Wildman–Crippen MR) is 54.9 cm³/mol. The van der Waals surface area contributed by atoms with Crippen molar-refractivity contribution in [2.45, 2.75) is 44.7 Å². The topological polar surface area (TPSA) is 18.5 Å². The first kappa shape index (κ1) is 10.4. The van der Waals surface area contributed by atoms with Crippen molar-refractivity contribution in [3.63, 3.8) is 0 Å². The van der Waals surface area contributed by atoms with Gasteiger partial charge in [0.05, 0.1) is 52.2 Å². The van der Waals surface area contributed by atoms with Gasteiger partial charge in [-0.1, -0.05) is 0 Å². The summed E-state index contributed by atoms with van der Waals surface area (Å²) >= 11 is 0. The molecule has 0 saturated carbocycles. The standard InChI is InChI=1S/C11H22NO2/c1-9-10(2)14-11(13-9)5-7-12(3,4)8-6-11/h9-10H,5-8H2,1-4H3/q+1. The number of hydrogen-bond acceptors (Lipinski definition) is 2. The fourth-order valence-electron chi connectivity index (χ4n) is 2.32. The fourth-order valence-corrected chi connectivity index (χ4v) is 2.32. The normalized spacial score (nSPS) is 40.3. The maximum atomic E-state index is 5.96. The third-order valence-corrected chi connectivity index (χ3v) is 3.66. The first-order chi connectivity index (χ1) is 6.43. The molecule has 0 aromatic rings. The summed E-state index contributed by atoms with van der Waals surface area (Å²) in [5.41, 5.74) is 0. The maximum absolute atomic E-state index is 5.96. The van der Waals surface area contributed by atoms with Gasteiger partial charge in [-0.15, -0.1) is 0 Å². The molecule has 14 heavy (non-hydrogen) atoms. The summed E-state index contributed by atoms with van der Waals surface area (Å²) in [5.74, 6) is -0.243. The van der Waals surface area contributed by atoms with Gasteiger partial charge in [0.1, 0.15) is 0 Å². The molecule has 0 N–H and O–H groups in total. The molecule has 0 bridgehead atoms. The van der Waals surface area contributed by atoms with Gasteiger partial charge in [-0.25, -0.2) is 0 Å². The molecule has 2 saturated heterocycles. The molecule has 3 nitrogen and oxygen atoms in total. The van der Waals surface area contributed by atoms with E-state index in [1.54, 1.807) is 0 Å². The molecule has 2 rings (SSSR count). The van der Waals surface area contributed by atoms with Crippen LogP contribution < -0.4 is 0 Å². The minimum Gasteiger partial charge on any atom is -0.344 e. The van der Waals surface area contributed by atoms with Gasteiger partial charge in [0.25, 0.3) is 0 Å². The largest absolute Gasteiger partial charge is 0.344 e. The number of nitrogens with zero attached hydrogens (tertiary/aromatic N) is 1. The maximum Gasteiger partial charge on any atom is 0.179 e. The molecule has 2 heterocycles. The first-order valence-corrected chi connectivity index (χ1v) is 5.60. The van der Waals surface area contributed by atoms with E-state index in [9.17, 15) is 0 Å². The number of ether oxygens (including phenoxy) is 2. The molecule has 0 amide bonds. The van der Waals surface area contributed by atoms with Crippen LogP contribution in [0.2, 0.25) is 0 Å². The van der Waals surface area contributed by atoms with E-state index in [0.29, 0.717) is 0 Å². The molecular formula is C11H22NO2+. The summed E-state index contributed by atoms with van der Waals surface area (Å²) in [6, 6.07) is 0. The van der Waals surface area contributed by atoms with Crippen molar-refractivity contribution in [3.8, 4) is 0 Å². The molecule has 2 aliphatic rings. The van der Waals surface area contributed by atoms with Crippen molar-refractivity contribution in [3.05, 3.63) is 0 Å². The number of likely N-dealkylation sites (tertiary alicyclic amines) is 1. The van der Waals surface area contributed by atoms with Crippen LogP contribution in [0.3, 0.4) is 0 Å². The van der Waals surface area contributed by atoms with Crippen molar-refractivity contribution in [2.24, 2.45) is 0 Å². The van der Waals surface area contributed by atoms with Gasteiger partial charge in [0, 0.05) is 0 Å². The Balaban J connectivity index is 2.01. The van der Waals surface area contributed by atoms with Gasteiger partial charge in [-0.3, -0.25) is 0 Å². The quantitative estimate of drug-likeness (QED) is 0.550. The van der Waals surface area contributed by atoms with E-state index in [4.69, 9.17) is 9.47 Å². The lowest BCUT2D eigenvalue weighted by Gasteiger charge is -2.41. The van der Waals surface area contributed by atoms with E-state index in [2.05, 4.69) is 27.9 Å². The number of hydrogen-bond donors (Lipinski definition) is 0. The third-order valence-electron chi connectivity index (χ3n) is 3.66. The van der Waals surface area contributed by atoms with Crippen molar-refractivity contribution >= 4 is 0 Å². The Morgan fingerprint density at radius 1 is 1.00 bits per heavy atom. The molecule has 0 aromatic heterocycles. The van der Waals surface area contributed by atoms with Crippen LogP contribution in [0.15, 0.2) is 0 Å². The molecule has 2 fully saturated rings. The zero-order valence-electron chi connectivity index (χ0n) is 9.75. The van der Waals surface area contributed by atoms with Gasteiger partial charge in [0.2, 0.25) is 0 Å². The Labute approximate surface area is 86.6 Å². The van der Waals surface area contributed by atoms with Crippen molar-refractivity contribution in [1.29, 1.82) is 0 Å². The molecule has 2 aliphatic heterocycles. The van der Waals surface area contributed by atoms with E-state index < -0.39 is 0 Å². The van der Waals surface area contributed by atoms with Crippen LogP contribution >= 0.6 is 0 Å². The molecule has 1 spiro atoms. The molecule has 0 aromatic carbocycles. The second kappa shape index (κ2) is 3.19. The van der Waals surface area contributed by atoms with Crippen LogP contribution in [0.4, 0.5) is 0 Å². The number of rotatable bonds is 0. The lowest BCUT2D eigenvalue weighted by atomic mass is 10.0. The van der Waals surface area contributed by atoms with Gasteiger partial charge in [-0.05, 0) is 13.8 Å². The first-order valence-electron chi connectivity index (χ1n) is 5.60. The molecule has 3 heteroatoms. The van der Waals surface area contributed by atoms with E-state index in [-0.39, 0.29) is 18.0 Å². The average molecular weight is 200 g/mol. The fraction of sp³-hybridized carbons (Fsp3) is 1.00. The Morgan fingerprint density at radius 2 is 1.43 bits per heavy atom. The van der Waals surface area contributed by atoms with Crippen LogP contribution in [-0.4, -0.2) is 49.7 Å². The van der Waals surface area contributed by atoms with Gasteiger partial charge >= 0.3 is 0 Å². The van der Waals surface area contributed by atoms with Gasteiger partial charge in [-0.2, -0.15) is 0 Å². The van der Waals surface area contributed by atoms with Crippen LogP contribution in [0.1, 0.15) is 26.7 Å². The Kier molecular flexibility index (Phi) is 2.37. The Bertz CT molecular complexity index is 205. The minimum atomic E-state index is -0.243. The SMILES string of the molecule is CC1OC2(CC[N+](C)(C)CC2)OC1C. The summed E-state index contributed by atoms with van der Waals surface area (Å²) in [6.45, 7) is 6.51. The smallest absolute Gasteiger partial charge is 0.179 e. The third kappa shape index (κ3) is 1.81. The molecule has 2 unspecified atom stereocenters. The highest BCUT2D eigenvalue weighted by atomic mass is 16.8. The van der Waals surface area contributed by atoms with Crippen LogP contribution in [0.25, 0.3) is 0 Å². The van der Waals surface area contributed by atoms with Gasteiger partial charge < -0.3 is 14.0 Å². The average Bonchev–Trinajstić information content (AvgIpc) is 2.36. The Morgan fingerprint density at radius 3 is 1.86 bits per heavy atom. The van der Waals surface area contributed by atoms with E-state index >= 15 is 0 Å². The van der Waals surface area contributed by atoms with E-state index in [0.717, 1.165) is 30.4 Å². The molecule has 0 radical (unpaired) electrons. The summed E-state index contributed by atoms with van der Waals surface area (Å²) in [4.78, 5) is 0. The van der Waals surface area contributed by atoms with Gasteiger partial charge in [0.15, 0.2) is 5.79 Å². The summed E-state index contributed by atoms with van der Waals surface area (Å²) in [7, 11) is 4.54. The van der Waals surface area contributed by atoms with Crippen LogP contribution in [-0.2, 0) is 9.47 Å². The highest BCUT2D eigenvalue weighted by Gasteiger charge is 2.48. The lowest BCUT2D eigenvalue weighted by Crippen LogP contribution is -2.53. The van der Waals surface area contributed by atoms with E-state index in [1.165, 1.54) is 0 Å². The highest BCUT2D eigenvalue weighted by molar-refractivity contribution is 4.83. The lowest BCUT2D eigenvalue weighted by molar-refractivity contribution is -0.898. The highest BCUT2D eigenvalue weighted by Crippen LogP contribution is 2.37. The minimum absolute atomic E-state index is 0.243. The summed E-state index contributed by atoms with van der Waals surface area (Å²) in [6.07, 6.45) is 2.58. The molecule has 82 valence electrons. The predicted octanol–water partition coefficient (Wildman–Crippen LogP) is 1.38.